The van der Waals surface area contributed by atoms with E-state index in [1.54, 1.807) is 31.2 Å². The van der Waals surface area contributed by atoms with Gasteiger partial charge in [0.2, 0.25) is 11.8 Å². The first-order valence-electron chi connectivity index (χ1n) is 13.5. The van der Waals surface area contributed by atoms with E-state index in [0.29, 0.717) is 6.54 Å². The molecule has 0 spiro atoms. The van der Waals surface area contributed by atoms with E-state index >= 15 is 0 Å². The molecule has 0 heterocycles. The lowest BCUT2D eigenvalue weighted by Gasteiger charge is -2.34. The smallest absolute Gasteiger partial charge is 0.264 e. The van der Waals surface area contributed by atoms with Crippen molar-refractivity contribution >= 4 is 50.7 Å². The zero-order valence-corrected chi connectivity index (χ0v) is 25.6. The fourth-order valence-electron chi connectivity index (χ4n) is 4.57. The first-order chi connectivity index (χ1) is 20.6. The van der Waals surface area contributed by atoms with Gasteiger partial charge in [-0.05, 0) is 42.8 Å². The van der Waals surface area contributed by atoms with Crippen LogP contribution in [0.25, 0.3) is 0 Å². The van der Waals surface area contributed by atoms with Gasteiger partial charge in [-0.2, -0.15) is 0 Å². The Kier molecular flexibility index (Phi) is 10.8. The van der Waals surface area contributed by atoms with Gasteiger partial charge < -0.3 is 10.2 Å². The molecule has 4 aromatic carbocycles. The van der Waals surface area contributed by atoms with Gasteiger partial charge in [-0.3, -0.25) is 13.9 Å². The van der Waals surface area contributed by atoms with E-state index in [0.717, 1.165) is 9.87 Å². The van der Waals surface area contributed by atoms with Crippen LogP contribution in [0.15, 0.2) is 108 Å². The minimum absolute atomic E-state index is 0.0187. The summed E-state index contributed by atoms with van der Waals surface area (Å²) in [4.78, 5) is 28.9. The number of hydrogen-bond acceptors (Lipinski definition) is 4. The summed E-state index contributed by atoms with van der Waals surface area (Å²) >= 11 is 12.7. The summed E-state index contributed by atoms with van der Waals surface area (Å²) in [5.74, 6) is -1.78. The van der Waals surface area contributed by atoms with Crippen molar-refractivity contribution < 1.29 is 22.4 Å². The SMILES string of the molecule is CCNC(=O)[C@H](Cc1ccccc1)N(Cc1ccccc1F)C(=O)CN(c1cccc(Cl)c1Cl)S(=O)(=O)c1ccccc1. The number of carbonyl (C=O) groups excluding carboxylic acids is 2. The van der Waals surface area contributed by atoms with Crippen LogP contribution in [0.1, 0.15) is 18.1 Å². The zero-order chi connectivity index (χ0) is 31.0. The van der Waals surface area contributed by atoms with E-state index < -0.39 is 40.2 Å². The number of anilines is 1. The maximum atomic E-state index is 14.9. The van der Waals surface area contributed by atoms with Crippen LogP contribution in [0.5, 0.6) is 0 Å². The molecule has 0 radical (unpaired) electrons. The topological polar surface area (TPSA) is 86.8 Å². The van der Waals surface area contributed by atoms with Crippen molar-refractivity contribution in [1.29, 1.82) is 0 Å². The van der Waals surface area contributed by atoms with Crippen LogP contribution in [0.3, 0.4) is 0 Å². The third-order valence-corrected chi connectivity index (χ3v) is 9.31. The van der Waals surface area contributed by atoms with Crippen molar-refractivity contribution in [3.63, 3.8) is 0 Å². The monoisotopic (exact) mass is 641 g/mol. The number of sulfonamides is 1. The number of nitrogens with one attached hydrogen (secondary N) is 1. The van der Waals surface area contributed by atoms with Crippen molar-refractivity contribution in [3.8, 4) is 0 Å². The number of hydrogen-bond donors (Lipinski definition) is 1. The van der Waals surface area contributed by atoms with Gasteiger partial charge in [-0.1, -0.05) is 96.0 Å². The van der Waals surface area contributed by atoms with E-state index in [4.69, 9.17) is 23.2 Å². The molecular weight excluding hydrogens is 612 g/mol. The number of carbonyl (C=O) groups is 2. The zero-order valence-electron chi connectivity index (χ0n) is 23.3. The Hall–Kier alpha value is -3.92. The van der Waals surface area contributed by atoms with Crippen LogP contribution in [-0.2, 0) is 32.6 Å². The van der Waals surface area contributed by atoms with Crippen LogP contribution in [0.4, 0.5) is 10.1 Å². The summed E-state index contributed by atoms with van der Waals surface area (Å²) in [6, 6.07) is 25.9. The van der Waals surface area contributed by atoms with E-state index in [-0.39, 0.29) is 39.2 Å². The normalized spacial score (nSPS) is 11.9. The van der Waals surface area contributed by atoms with Gasteiger partial charge in [0.1, 0.15) is 18.4 Å². The standard InChI is InChI=1S/C32H30Cl2FN3O4S/c1-2-36-32(40)29(20-23-12-5-3-6-13-23)37(21-24-14-9-10-18-27(24)35)30(39)22-38(28-19-11-17-26(33)31(28)34)43(41,42)25-15-7-4-8-16-25/h3-19,29H,2,20-22H2,1H3,(H,36,40)/t29-/m0/s1. The molecule has 4 rings (SSSR count). The molecule has 0 saturated heterocycles. The summed E-state index contributed by atoms with van der Waals surface area (Å²) < 4.78 is 43.7. The highest BCUT2D eigenvalue weighted by molar-refractivity contribution is 7.92. The van der Waals surface area contributed by atoms with Gasteiger partial charge in [0.05, 0.1) is 20.6 Å². The van der Waals surface area contributed by atoms with Crippen molar-refractivity contribution in [2.45, 2.75) is 30.8 Å². The Labute approximate surface area is 260 Å². The summed E-state index contributed by atoms with van der Waals surface area (Å²) in [5, 5.41) is 2.78. The molecule has 0 aliphatic heterocycles. The second-order valence-electron chi connectivity index (χ2n) is 9.61. The molecule has 224 valence electrons. The largest absolute Gasteiger partial charge is 0.355 e. The molecule has 0 aromatic heterocycles. The molecule has 0 fully saturated rings. The minimum atomic E-state index is -4.35. The van der Waals surface area contributed by atoms with Crippen molar-refractivity contribution in [2.75, 3.05) is 17.4 Å². The Morgan fingerprint density at radius 1 is 0.860 bits per heavy atom. The summed E-state index contributed by atoms with van der Waals surface area (Å²) in [6.07, 6.45) is 0.107. The Morgan fingerprint density at radius 3 is 2.14 bits per heavy atom. The van der Waals surface area contributed by atoms with Crippen LogP contribution >= 0.6 is 23.2 Å². The maximum Gasteiger partial charge on any atom is 0.264 e. The third kappa shape index (κ3) is 7.73. The molecule has 2 amide bonds. The summed E-state index contributed by atoms with van der Waals surface area (Å²) in [6.45, 7) is 1.01. The molecule has 7 nitrogen and oxygen atoms in total. The number of amides is 2. The van der Waals surface area contributed by atoms with Crippen molar-refractivity contribution in [3.05, 3.63) is 130 Å². The molecule has 11 heteroatoms. The van der Waals surface area contributed by atoms with Crippen LogP contribution in [-0.4, -0.2) is 44.3 Å². The van der Waals surface area contributed by atoms with Crippen LogP contribution < -0.4 is 9.62 Å². The van der Waals surface area contributed by atoms with Gasteiger partial charge in [0.15, 0.2) is 0 Å². The molecule has 0 saturated carbocycles. The second kappa shape index (κ2) is 14.5. The molecule has 1 atom stereocenters. The highest BCUT2D eigenvalue weighted by atomic mass is 35.5. The van der Waals surface area contributed by atoms with E-state index in [1.807, 2.05) is 30.3 Å². The molecule has 43 heavy (non-hydrogen) atoms. The Bertz CT molecular complexity index is 1670. The second-order valence-corrected chi connectivity index (χ2v) is 12.3. The first kappa shape index (κ1) is 32.0. The Balaban J connectivity index is 1.83. The average Bonchev–Trinajstić information content (AvgIpc) is 3.01. The van der Waals surface area contributed by atoms with E-state index in [9.17, 15) is 22.4 Å². The third-order valence-electron chi connectivity index (χ3n) is 6.73. The number of likely N-dealkylation sites (N-methyl/N-ethyl adjacent to an activating group) is 1. The van der Waals surface area contributed by atoms with Crippen LogP contribution in [0, 0.1) is 5.82 Å². The summed E-state index contributed by atoms with van der Waals surface area (Å²) in [7, 11) is -4.35. The maximum absolute atomic E-state index is 14.9. The van der Waals surface area contributed by atoms with Gasteiger partial charge in [-0.25, -0.2) is 12.8 Å². The number of rotatable bonds is 12. The molecule has 1 N–H and O–H groups in total. The highest BCUT2D eigenvalue weighted by Crippen LogP contribution is 2.35. The molecular formula is C32H30Cl2FN3O4S. The predicted octanol–water partition coefficient (Wildman–Crippen LogP) is 6.10. The lowest BCUT2D eigenvalue weighted by molar-refractivity contribution is -0.140. The predicted molar refractivity (Wildman–Crippen MR) is 167 cm³/mol. The number of nitrogens with zero attached hydrogens (tertiary/aromatic N) is 2. The highest BCUT2D eigenvalue weighted by Gasteiger charge is 2.35. The van der Waals surface area contributed by atoms with Gasteiger partial charge in [0, 0.05) is 25.1 Å². The van der Waals surface area contributed by atoms with E-state index in [2.05, 4.69) is 5.32 Å². The molecule has 0 unspecified atom stereocenters. The molecule has 0 aliphatic rings. The van der Waals surface area contributed by atoms with Crippen LogP contribution in [0.2, 0.25) is 10.0 Å². The van der Waals surface area contributed by atoms with Crippen molar-refractivity contribution in [1.82, 2.24) is 10.2 Å². The number of benzene rings is 4. The fraction of sp³-hybridized carbons (Fsp3) is 0.188. The molecule has 0 bridgehead atoms. The lowest BCUT2D eigenvalue weighted by Crippen LogP contribution is -2.53. The van der Waals surface area contributed by atoms with Gasteiger partial charge in [0.25, 0.3) is 10.0 Å². The summed E-state index contributed by atoms with van der Waals surface area (Å²) in [5.41, 5.74) is 0.906. The van der Waals surface area contributed by atoms with Gasteiger partial charge >= 0.3 is 0 Å². The first-order valence-corrected chi connectivity index (χ1v) is 15.7. The molecule has 0 aliphatic carbocycles. The van der Waals surface area contributed by atoms with E-state index in [1.165, 1.54) is 53.4 Å². The Morgan fingerprint density at radius 2 is 1.49 bits per heavy atom. The fourth-order valence-corrected chi connectivity index (χ4v) is 6.47. The molecule has 4 aromatic rings. The number of halogens is 3. The average molecular weight is 643 g/mol. The van der Waals surface area contributed by atoms with Gasteiger partial charge in [-0.15, -0.1) is 0 Å². The minimum Gasteiger partial charge on any atom is -0.355 e. The quantitative estimate of drug-likeness (QED) is 0.202. The van der Waals surface area contributed by atoms with Crippen molar-refractivity contribution in [2.24, 2.45) is 0 Å². The lowest BCUT2D eigenvalue weighted by atomic mass is 10.0.